The van der Waals surface area contributed by atoms with Crippen LogP contribution in [0.1, 0.15) is 12.8 Å². The standard InChI is InChI=1S/C24H16Cl4N4O4S4/c25-11-3-1-5-13(17(11)27)29-15(33)7-9-31-21(35)19(39-23(31)37)20-22(36)32(24(38)40-20)10-8-16(34)30-14-6-2-4-12(26)18(14)28/h1-6H,7-10H2,(H,29,33)(H,30,34). The lowest BCUT2D eigenvalue weighted by atomic mass is 10.3. The fourth-order valence-corrected chi connectivity index (χ4v) is 6.98. The predicted molar refractivity (Wildman–Crippen MR) is 170 cm³/mol. The fourth-order valence-electron chi connectivity index (χ4n) is 3.51. The molecule has 0 aromatic heterocycles. The molecule has 0 radical (unpaired) electrons. The molecule has 0 unspecified atom stereocenters. The molecule has 2 aliphatic heterocycles. The Balaban J connectivity index is 1.36. The Kier molecular flexibility index (Phi) is 10.4. The number of amides is 4. The summed E-state index contributed by atoms with van der Waals surface area (Å²) in [6, 6.07) is 9.67. The number of thioether (sulfide) groups is 2. The molecule has 8 nitrogen and oxygen atoms in total. The summed E-state index contributed by atoms with van der Waals surface area (Å²) in [6.45, 7) is -0.0184. The number of hydrogen-bond acceptors (Lipinski definition) is 8. The van der Waals surface area contributed by atoms with Gasteiger partial charge < -0.3 is 10.6 Å². The molecule has 2 aliphatic rings. The topological polar surface area (TPSA) is 98.8 Å². The highest BCUT2D eigenvalue weighted by Gasteiger charge is 2.42. The largest absolute Gasteiger partial charge is 0.325 e. The van der Waals surface area contributed by atoms with E-state index in [-0.39, 0.29) is 54.4 Å². The van der Waals surface area contributed by atoms with Gasteiger partial charge in [-0.15, -0.1) is 0 Å². The zero-order chi connectivity index (χ0) is 29.1. The highest BCUT2D eigenvalue weighted by Crippen LogP contribution is 2.42. The van der Waals surface area contributed by atoms with Crippen LogP contribution in [0.4, 0.5) is 11.4 Å². The van der Waals surface area contributed by atoms with Crippen LogP contribution in [0, 0.1) is 0 Å². The normalized spacial score (nSPS) is 17.2. The Hall–Kier alpha value is -1.90. The van der Waals surface area contributed by atoms with Crippen molar-refractivity contribution in [3.05, 3.63) is 66.3 Å². The number of halogens is 4. The molecule has 2 fully saturated rings. The summed E-state index contributed by atoms with van der Waals surface area (Å²) in [4.78, 5) is 53.9. The number of hydrogen-bond donors (Lipinski definition) is 2. The minimum absolute atomic E-state index is 0.00921. The molecule has 2 saturated heterocycles. The lowest BCUT2D eigenvalue weighted by Gasteiger charge is -2.15. The van der Waals surface area contributed by atoms with Crippen molar-refractivity contribution in [3.8, 4) is 0 Å². The van der Waals surface area contributed by atoms with Gasteiger partial charge in [-0.2, -0.15) is 0 Å². The number of carbonyl (C=O) groups is 4. The van der Waals surface area contributed by atoms with E-state index in [0.717, 1.165) is 23.5 Å². The van der Waals surface area contributed by atoms with Gasteiger partial charge in [0.05, 0.1) is 41.3 Å². The van der Waals surface area contributed by atoms with E-state index in [1.54, 1.807) is 36.4 Å². The molecular formula is C24H16Cl4N4O4S4. The molecule has 16 heteroatoms. The van der Waals surface area contributed by atoms with Crippen molar-refractivity contribution in [2.24, 2.45) is 0 Å². The molecule has 40 heavy (non-hydrogen) atoms. The molecule has 208 valence electrons. The van der Waals surface area contributed by atoms with Crippen molar-refractivity contribution in [2.75, 3.05) is 23.7 Å². The van der Waals surface area contributed by atoms with Crippen LogP contribution < -0.4 is 10.6 Å². The van der Waals surface area contributed by atoms with Gasteiger partial charge >= 0.3 is 0 Å². The summed E-state index contributed by atoms with van der Waals surface area (Å²) >= 11 is 36.8. The summed E-state index contributed by atoms with van der Waals surface area (Å²) in [7, 11) is 0. The Morgan fingerprint density at radius 1 is 0.700 bits per heavy atom. The van der Waals surface area contributed by atoms with E-state index in [1.165, 1.54) is 9.80 Å². The van der Waals surface area contributed by atoms with Crippen LogP contribution in [0.15, 0.2) is 46.2 Å². The smallest absolute Gasteiger partial charge is 0.267 e. The highest BCUT2D eigenvalue weighted by molar-refractivity contribution is 8.29. The number of nitrogens with zero attached hydrogens (tertiary/aromatic N) is 2. The molecule has 0 bridgehead atoms. The number of carbonyl (C=O) groups excluding carboxylic acids is 4. The van der Waals surface area contributed by atoms with E-state index >= 15 is 0 Å². The maximum absolute atomic E-state index is 13.1. The van der Waals surface area contributed by atoms with E-state index in [1.807, 2.05) is 0 Å². The molecule has 2 aromatic rings. The summed E-state index contributed by atoms with van der Waals surface area (Å²) in [6.07, 6.45) is -0.148. The molecular weight excluding hydrogens is 678 g/mol. The van der Waals surface area contributed by atoms with Gasteiger partial charge in [0, 0.05) is 25.9 Å². The molecule has 0 saturated carbocycles. The van der Waals surface area contributed by atoms with Crippen LogP contribution >= 0.6 is 94.4 Å². The first-order valence-corrected chi connectivity index (χ1v) is 15.2. The predicted octanol–water partition coefficient (Wildman–Crippen LogP) is 6.59. The Morgan fingerprint density at radius 3 is 1.45 bits per heavy atom. The van der Waals surface area contributed by atoms with Gasteiger partial charge in [-0.1, -0.05) is 106 Å². The van der Waals surface area contributed by atoms with Gasteiger partial charge in [-0.05, 0) is 24.3 Å². The first kappa shape index (κ1) is 31.0. The Labute approximate surface area is 268 Å². The van der Waals surface area contributed by atoms with Gasteiger partial charge in [-0.3, -0.25) is 29.0 Å². The first-order chi connectivity index (χ1) is 19.0. The van der Waals surface area contributed by atoms with Crippen molar-refractivity contribution >= 4 is 138 Å². The van der Waals surface area contributed by atoms with Crippen LogP contribution in [-0.2, 0) is 19.2 Å². The van der Waals surface area contributed by atoms with Crippen molar-refractivity contribution in [3.63, 3.8) is 0 Å². The van der Waals surface area contributed by atoms with Crippen molar-refractivity contribution in [1.82, 2.24) is 9.80 Å². The van der Waals surface area contributed by atoms with Gasteiger partial charge in [0.1, 0.15) is 8.64 Å². The quantitative estimate of drug-likeness (QED) is 0.236. The van der Waals surface area contributed by atoms with Crippen LogP contribution in [0.2, 0.25) is 20.1 Å². The molecule has 0 spiro atoms. The van der Waals surface area contributed by atoms with Crippen LogP contribution in [0.25, 0.3) is 0 Å². The first-order valence-electron chi connectivity index (χ1n) is 11.3. The molecule has 4 rings (SSSR count). The van der Waals surface area contributed by atoms with E-state index in [0.29, 0.717) is 21.4 Å². The third-order valence-corrected chi connectivity index (χ3v) is 10.1. The van der Waals surface area contributed by atoms with Crippen LogP contribution in [0.3, 0.4) is 0 Å². The molecule has 0 atom stereocenters. The Bertz CT molecular complexity index is 1390. The summed E-state index contributed by atoms with van der Waals surface area (Å²) < 4.78 is 0.410. The lowest BCUT2D eigenvalue weighted by Crippen LogP contribution is -2.33. The highest BCUT2D eigenvalue weighted by atomic mass is 35.5. The van der Waals surface area contributed by atoms with Gasteiger partial charge in [0.2, 0.25) is 11.8 Å². The van der Waals surface area contributed by atoms with E-state index in [2.05, 4.69) is 10.6 Å². The third kappa shape index (κ3) is 6.93. The molecule has 0 aliphatic carbocycles. The summed E-state index contributed by atoms with van der Waals surface area (Å²) in [5, 5.41) is 6.29. The molecule has 2 heterocycles. The SMILES string of the molecule is O=C(CCN1C(=O)C(=C2SC(=S)N(CCC(=O)Nc3cccc(Cl)c3Cl)C2=O)SC1=S)Nc1cccc(Cl)c1Cl. The van der Waals surface area contributed by atoms with Crippen molar-refractivity contribution in [1.29, 1.82) is 0 Å². The summed E-state index contributed by atoms with van der Waals surface area (Å²) in [5.74, 6) is -1.81. The van der Waals surface area contributed by atoms with Gasteiger partial charge in [0.25, 0.3) is 11.8 Å². The summed E-state index contributed by atoms with van der Waals surface area (Å²) in [5.41, 5.74) is 0.690. The van der Waals surface area contributed by atoms with Crippen LogP contribution in [-0.4, -0.2) is 55.2 Å². The van der Waals surface area contributed by atoms with E-state index in [9.17, 15) is 19.2 Å². The van der Waals surface area contributed by atoms with E-state index in [4.69, 9.17) is 70.8 Å². The monoisotopic (exact) mass is 692 g/mol. The average Bonchev–Trinajstić information content (AvgIpc) is 3.35. The molecule has 4 amide bonds. The zero-order valence-electron chi connectivity index (χ0n) is 20.0. The fraction of sp³-hybridized carbons (Fsp3) is 0.167. The average molecular weight is 694 g/mol. The molecule has 2 N–H and O–H groups in total. The van der Waals surface area contributed by atoms with Crippen LogP contribution in [0.5, 0.6) is 0 Å². The van der Waals surface area contributed by atoms with Gasteiger partial charge in [-0.25, -0.2) is 0 Å². The van der Waals surface area contributed by atoms with Crippen molar-refractivity contribution in [2.45, 2.75) is 12.8 Å². The van der Waals surface area contributed by atoms with Gasteiger partial charge in [0.15, 0.2) is 0 Å². The van der Waals surface area contributed by atoms with E-state index < -0.39 is 23.6 Å². The zero-order valence-corrected chi connectivity index (χ0v) is 26.3. The second-order valence-corrected chi connectivity index (χ2v) is 13.0. The number of rotatable bonds is 8. The maximum atomic E-state index is 13.1. The molecule has 2 aromatic carbocycles. The maximum Gasteiger partial charge on any atom is 0.267 e. The van der Waals surface area contributed by atoms with Crippen molar-refractivity contribution < 1.29 is 19.2 Å². The lowest BCUT2D eigenvalue weighted by molar-refractivity contribution is -0.125. The number of thiocarbonyl (C=S) groups is 2. The third-order valence-electron chi connectivity index (χ3n) is 5.48. The second-order valence-electron chi connectivity index (χ2n) is 8.11. The number of anilines is 2. The second kappa shape index (κ2) is 13.4. The minimum Gasteiger partial charge on any atom is -0.325 e. The minimum atomic E-state index is -0.502. The number of nitrogens with one attached hydrogen (secondary N) is 2. The Morgan fingerprint density at radius 2 is 1.07 bits per heavy atom. The number of benzene rings is 2.